The lowest BCUT2D eigenvalue weighted by Crippen LogP contribution is -2.34. The van der Waals surface area contributed by atoms with E-state index in [4.69, 9.17) is 15.4 Å². The molecule has 5 rings (SSSR count). The van der Waals surface area contributed by atoms with Crippen LogP contribution in [0.1, 0.15) is 31.5 Å². The van der Waals surface area contributed by atoms with Crippen molar-refractivity contribution in [2.75, 3.05) is 0 Å². The van der Waals surface area contributed by atoms with Crippen molar-refractivity contribution >= 4 is 23.7 Å². The highest BCUT2D eigenvalue weighted by atomic mass is 35.5. The van der Waals surface area contributed by atoms with E-state index >= 15 is 0 Å². The Labute approximate surface area is 172 Å². The van der Waals surface area contributed by atoms with Crippen LogP contribution in [0.5, 0.6) is 0 Å². The number of aromatic nitrogens is 4. The van der Waals surface area contributed by atoms with Crippen LogP contribution in [-0.4, -0.2) is 19.9 Å². The zero-order chi connectivity index (χ0) is 18.3. The van der Waals surface area contributed by atoms with E-state index in [-0.39, 0.29) is 12.4 Å². The summed E-state index contributed by atoms with van der Waals surface area (Å²) in [5, 5.41) is 11.0. The molecule has 0 saturated heterocycles. The van der Waals surface area contributed by atoms with Gasteiger partial charge in [0.05, 0.1) is 21.7 Å². The average molecular weight is 414 g/mol. The summed E-state index contributed by atoms with van der Waals surface area (Å²) in [4.78, 5) is 5.72. The van der Waals surface area contributed by atoms with Crippen molar-refractivity contribution in [3.05, 3.63) is 59.9 Å². The van der Waals surface area contributed by atoms with Gasteiger partial charge in [-0.3, -0.25) is 0 Å². The predicted octanol–water partition coefficient (Wildman–Crippen LogP) is 4.80. The molecule has 1 aliphatic carbocycles. The summed E-state index contributed by atoms with van der Waals surface area (Å²) < 4.78 is 7.48. The summed E-state index contributed by atoms with van der Waals surface area (Å²) in [6.45, 7) is 0. The standard InChI is InChI=1S/C20H19N5OS.ClH/c21-20(10-4-5-11-20)19-22-18(26-24-19)15-13-25(14-7-2-1-3-8-14)23-17(15)16-9-6-12-27-16;/h1-3,6-9,12-13H,4-5,10-11,21H2;1H. The lowest BCUT2D eigenvalue weighted by molar-refractivity contribution is 0.372. The fourth-order valence-corrected chi connectivity index (χ4v) is 4.33. The molecule has 4 aromatic rings. The molecule has 3 aromatic heterocycles. The van der Waals surface area contributed by atoms with Gasteiger partial charge in [-0.15, -0.1) is 23.7 Å². The van der Waals surface area contributed by atoms with Gasteiger partial charge in [-0.05, 0) is 36.4 Å². The Balaban J connectivity index is 0.00000192. The molecule has 1 saturated carbocycles. The van der Waals surface area contributed by atoms with Crippen LogP contribution in [0, 0.1) is 0 Å². The number of nitrogens with two attached hydrogens (primary N) is 1. The smallest absolute Gasteiger partial charge is 0.261 e. The maximum Gasteiger partial charge on any atom is 0.261 e. The molecule has 1 fully saturated rings. The van der Waals surface area contributed by atoms with Gasteiger partial charge >= 0.3 is 0 Å². The number of halogens is 1. The Morgan fingerprint density at radius 2 is 1.86 bits per heavy atom. The monoisotopic (exact) mass is 413 g/mol. The Kier molecular flexibility index (Phi) is 5.05. The molecule has 1 aliphatic rings. The van der Waals surface area contributed by atoms with E-state index < -0.39 is 5.54 Å². The second kappa shape index (κ2) is 7.50. The molecule has 0 amide bonds. The maximum absolute atomic E-state index is 6.50. The van der Waals surface area contributed by atoms with Gasteiger partial charge in [0.25, 0.3) is 5.89 Å². The van der Waals surface area contributed by atoms with Crippen LogP contribution in [-0.2, 0) is 5.54 Å². The van der Waals surface area contributed by atoms with Crippen molar-refractivity contribution in [3.63, 3.8) is 0 Å². The molecule has 0 spiro atoms. The van der Waals surface area contributed by atoms with Crippen LogP contribution < -0.4 is 5.73 Å². The van der Waals surface area contributed by atoms with Crippen molar-refractivity contribution in [3.8, 4) is 27.7 Å². The van der Waals surface area contributed by atoms with Crippen LogP contribution in [0.4, 0.5) is 0 Å². The number of thiophene rings is 1. The fraction of sp³-hybridized carbons (Fsp3) is 0.250. The second-order valence-corrected chi connectivity index (χ2v) is 7.88. The molecule has 3 heterocycles. The largest absolute Gasteiger partial charge is 0.334 e. The molecule has 0 atom stereocenters. The lowest BCUT2D eigenvalue weighted by atomic mass is 9.99. The molecule has 28 heavy (non-hydrogen) atoms. The van der Waals surface area contributed by atoms with Gasteiger partial charge < -0.3 is 10.3 Å². The Morgan fingerprint density at radius 3 is 2.57 bits per heavy atom. The second-order valence-electron chi connectivity index (χ2n) is 6.94. The Morgan fingerprint density at radius 1 is 1.07 bits per heavy atom. The summed E-state index contributed by atoms with van der Waals surface area (Å²) in [6.07, 6.45) is 5.94. The van der Waals surface area contributed by atoms with E-state index in [0.29, 0.717) is 11.7 Å². The molecule has 2 N–H and O–H groups in total. The van der Waals surface area contributed by atoms with E-state index in [1.807, 2.05) is 58.7 Å². The summed E-state index contributed by atoms with van der Waals surface area (Å²) in [7, 11) is 0. The lowest BCUT2D eigenvalue weighted by Gasteiger charge is -2.17. The number of para-hydroxylation sites is 1. The third kappa shape index (κ3) is 3.26. The number of nitrogens with zero attached hydrogens (tertiary/aromatic N) is 4. The highest BCUT2D eigenvalue weighted by molar-refractivity contribution is 7.13. The maximum atomic E-state index is 6.50. The molecule has 1 aromatic carbocycles. The van der Waals surface area contributed by atoms with E-state index in [1.54, 1.807) is 11.3 Å². The number of hydrogen-bond donors (Lipinski definition) is 1. The summed E-state index contributed by atoms with van der Waals surface area (Å²) in [6, 6.07) is 14.1. The van der Waals surface area contributed by atoms with Gasteiger partial charge in [-0.2, -0.15) is 10.1 Å². The van der Waals surface area contributed by atoms with Gasteiger partial charge in [0.2, 0.25) is 0 Å². The van der Waals surface area contributed by atoms with Gasteiger partial charge in [0, 0.05) is 6.20 Å². The predicted molar refractivity (Wildman–Crippen MR) is 112 cm³/mol. The third-order valence-electron chi connectivity index (χ3n) is 5.09. The third-order valence-corrected chi connectivity index (χ3v) is 5.96. The fourth-order valence-electron chi connectivity index (χ4n) is 3.60. The first-order valence-corrected chi connectivity index (χ1v) is 9.93. The van der Waals surface area contributed by atoms with Crippen molar-refractivity contribution < 1.29 is 4.52 Å². The van der Waals surface area contributed by atoms with Crippen molar-refractivity contribution in [2.45, 2.75) is 31.2 Å². The number of benzene rings is 1. The van der Waals surface area contributed by atoms with E-state index in [9.17, 15) is 0 Å². The van der Waals surface area contributed by atoms with E-state index in [0.717, 1.165) is 47.5 Å². The first kappa shape index (κ1) is 18.9. The minimum Gasteiger partial charge on any atom is -0.334 e. The van der Waals surface area contributed by atoms with Crippen molar-refractivity contribution in [1.82, 2.24) is 19.9 Å². The summed E-state index contributed by atoms with van der Waals surface area (Å²) >= 11 is 1.63. The average Bonchev–Trinajstić information content (AvgIpc) is 3.47. The van der Waals surface area contributed by atoms with Gasteiger partial charge in [0.15, 0.2) is 5.82 Å². The SMILES string of the molecule is Cl.NC1(c2noc(-c3cn(-c4ccccc4)nc3-c3cccs3)n2)CCCC1. The normalized spacial score (nSPS) is 15.5. The molecule has 8 heteroatoms. The van der Waals surface area contributed by atoms with Crippen molar-refractivity contribution in [2.24, 2.45) is 5.73 Å². The van der Waals surface area contributed by atoms with Gasteiger partial charge in [0.1, 0.15) is 5.69 Å². The molecule has 6 nitrogen and oxygen atoms in total. The number of hydrogen-bond acceptors (Lipinski definition) is 6. The molecular weight excluding hydrogens is 394 g/mol. The molecular formula is C20H20ClN5OS. The summed E-state index contributed by atoms with van der Waals surface area (Å²) in [5.74, 6) is 1.06. The Hall–Kier alpha value is -2.48. The van der Waals surface area contributed by atoms with Gasteiger partial charge in [-0.25, -0.2) is 4.68 Å². The topological polar surface area (TPSA) is 82.8 Å². The zero-order valence-electron chi connectivity index (χ0n) is 15.1. The first-order chi connectivity index (χ1) is 13.2. The van der Waals surface area contributed by atoms with Gasteiger partial charge in [-0.1, -0.05) is 42.3 Å². The van der Waals surface area contributed by atoms with Crippen LogP contribution in [0.3, 0.4) is 0 Å². The molecule has 0 aliphatic heterocycles. The minimum absolute atomic E-state index is 0. The zero-order valence-corrected chi connectivity index (χ0v) is 16.7. The Bertz CT molecular complexity index is 1050. The van der Waals surface area contributed by atoms with Crippen LogP contribution in [0.15, 0.2) is 58.6 Å². The van der Waals surface area contributed by atoms with Crippen LogP contribution in [0.25, 0.3) is 27.7 Å². The summed E-state index contributed by atoms with van der Waals surface area (Å²) in [5.41, 5.74) is 8.66. The molecule has 0 unspecified atom stereocenters. The van der Waals surface area contributed by atoms with Crippen LogP contribution >= 0.6 is 23.7 Å². The highest BCUT2D eigenvalue weighted by Crippen LogP contribution is 2.37. The van der Waals surface area contributed by atoms with Crippen molar-refractivity contribution in [1.29, 1.82) is 0 Å². The molecule has 144 valence electrons. The quantitative estimate of drug-likeness (QED) is 0.519. The van der Waals surface area contributed by atoms with Crippen LogP contribution in [0.2, 0.25) is 0 Å². The molecule has 0 radical (unpaired) electrons. The molecule has 0 bridgehead atoms. The van der Waals surface area contributed by atoms with E-state index in [1.165, 1.54) is 0 Å². The first-order valence-electron chi connectivity index (χ1n) is 9.05. The van der Waals surface area contributed by atoms with E-state index in [2.05, 4.69) is 10.1 Å². The minimum atomic E-state index is -0.472. The highest BCUT2D eigenvalue weighted by Gasteiger charge is 2.36. The number of rotatable bonds is 4.